The summed E-state index contributed by atoms with van der Waals surface area (Å²) >= 11 is 0. The summed E-state index contributed by atoms with van der Waals surface area (Å²) in [5.41, 5.74) is 0. The van der Waals surface area contributed by atoms with Crippen molar-refractivity contribution >= 4 is 71.6 Å². The second-order valence-corrected chi connectivity index (χ2v) is 0. The standard InChI is InChI=1S/Cu.Ge.4S.Zn/q+2;+4;4*-2;+2. The van der Waals surface area contributed by atoms with Gasteiger partial charge >= 0.3 is 54.1 Å². The van der Waals surface area contributed by atoms with Crippen molar-refractivity contribution in [1.29, 1.82) is 0 Å². The van der Waals surface area contributed by atoms with Gasteiger partial charge in [-0.25, -0.2) is 0 Å². The maximum atomic E-state index is 0. The van der Waals surface area contributed by atoms with E-state index in [9.17, 15) is 0 Å². The molecule has 0 aromatic carbocycles. The van der Waals surface area contributed by atoms with E-state index in [0.29, 0.717) is 0 Å². The van der Waals surface area contributed by atoms with E-state index >= 15 is 0 Å². The Morgan fingerprint density at radius 3 is 0.571 bits per heavy atom. The summed E-state index contributed by atoms with van der Waals surface area (Å²) in [5, 5.41) is 0. The fourth-order valence-electron chi connectivity index (χ4n) is 0. The minimum Gasteiger partial charge on any atom is -2.00 e. The molecular formula is CuGeS4Zn. The molecule has 0 rings (SSSR count). The molecule has 0 aromatic rings. The molecular weight excluding hydrogens is 330 g/mol. The molecule has 0 unspecified atom stereocenters. The van der Waals surface area contributed by atoms with Crippen LogP contribution in [0.4, 0.5) is 0 Å². The van der Waals surface area contributed by atoms with Gasteiger partial charge in [0.25, 0.3) is 0 Å². The molecule has 0 saturated heterocycles. The molecule has 0 heterocycles. The normalized spacial score (nSPS) is 0. The summed E-state index contributed by atoms with van der Waals surface area (Å²) in [6, 6.07) is 0. The van der Waals surface area contributed by atoms with E-state index in [0.717, 1.165) is 0 Å². The predicted molar refractivity (Wildman–Crippen MR) is 35.2 cm³/mol. The van der Waals surface area contributed by atoms with Gasteiger partial charge < -0.3 is 54.0 Å². The molecule has 0 aliphatic carbocycles. The van der Waals surface area contributed by atoms with Gasteiger partial charge in [0.1, 0.15) is 0 Å². The fourth-order valence-corrected chi connectivity index (χ4v) is 0. The molecule has 1 radical (unpaired) electrons. The van der Waals surface area contributed by atoms with E-state index in [-0.39, 0.29) is 108 Å². The smallest absolute Gasteiger partial charge is 2.00 e. The molecule has 0 amide bonds. The van der Waals surface area contributed by atoms with Crippen LogP contribution in [0.2, 0.25) is 0 Å². The topological polar surface area (TPSA) is 0 Å². The van der Waals surface area contributed by atoms with Crippen LogP contribution in [0, 0.1) is 0 Å². The molecule has 0 fully saturated rings. The van der Waals surface area contributed by atoms with Crippen LogP contribution in [0.15, 0.2) is 0 Å². The van der Waals surface area contributed by atoms with Crippen LogP contribution in [-0.2, 0) is 90.5 Å². The van der Waals surface area contributed by atoms with Gasteiger partial charge in [-0.3, -0.25) is 0 Å². The van der Waals surface area contributed by atoms with Crippen molar-refractivity contribution in [3.63, 3.8) is 0 Å². The molecule has 0 spiro atoms. The number of hydrogen-bond donors (Lipinski definition) is 0. The molecule has 0 N–H and O–H groups in total. The summed E-state index contributed by atoms with van der Waals surface area (Å²) in [4.78, 5) is 0. The molecule has 41 valence electrons. The minimum absolute atomic E-state index is 0. The van der Waals surface area contributed by atoms with E-state index in [1.165, 1.54) is 0 Å². The zero-order valence-corrected chi connectivity index (χ0v) is 12.4. The van der Waals surface area contributed by atoms with Crippen molar-refractivity contribution < 1.29 is 36.5 Å². The summed E-state index contributed by atoms with van der Waals surface area (Å²) in [7, 11) is 0. The van der Waals surface area contributed by atoms with Gasteiger partial charge in [0.15, 0.2) is 0 Å². The van der Waals surface area contributed by atoms with Crippen LogP contribution in [-0.4, -0.2) is 17.6 Å². The Labute approximate surface area is 107 Å². The molecule has 0 aliphatic rings. The molecule has 0 nitrogen and oxygen atoms in total. The monoisotopic (exact) mass is 329 g/mol. The molecule has 0 aromatic heterocycles. The van der Waals surface area contributed by atoms with Crippen molar-refractivity contribution in [2.75, 3.05) is 0 Å². The van der Waals surface area contributed by atoms with Crippen molar-refractivity contribution in [3.8, 4) is 0 Å². The maximum absolute atomic E-state index is 0. The molecule has 0 bridgehead atoms. The Kier molecular flexibility index (Phi) is 779. The largest absolute Gasteiger partial charge is 4.00 e. The van der Waals surface area contributed by atoms with Gasteiger partial charge in [-0.05, 0) is 0 Å². The van der Waals surface area contributed by atoms with Gasteiger partial charge in [-0.15, -0.1) is 0 Å². The van der Waals surface area contributed by atoms with E-state index in [1.807, 2.05) is 0 Å². The van der Waals surface area contributed by atoms with Crippen molar-refractivity contribution in [2.45, 2.75) is 0 Å². The third-order valence-corrected chi connectivity index (χ3v) is 0. The third kappa shape index (κ3) is 47.9. The van der Waals surface area contributed by atoms with Crippen molar-refractivity contribution in [3.05, 3.63) is 0 Å². The van der Waals surface area contributed by atoms with Crippen LogP contribution in [0.1, 0.15) is 0 Å². The molecule has 0 atom stereocenters. The molecule has 0 aliphatic heterocycles. The number of rotatable bonds is 0. The van der Waals surface area contributed by atoms with Crippen LogP contribution in [0.25, 0.3) is 0 Å². The Morgan fingerprint density at radius 1 is 0.571 bits per heavy atom. The third-order valence-electron chi connectivity index (χ3n) is 0. The van der Waals surface area contributed by atoms with Crippen LogP contribution in [0.5, 0.6) is 0 Å². The van der Waals surface area contributed by atoms with E-state index in [1.54, 1.807) is 0 Å². The Balaban J connectivity index is 0. The molecule has 0 saturated carbocycles. The van der Waals surface area contributed by atoms with Crippen LogP contribution >= 0.6 is 0 Å². The average molecular weight is 330 g/mol. The van der Waals surface area contributed by atoms with E-state index in [2.05, 4.69) is 0 Å². The first-order valence-corrected chi connectivity index (χ1v) is 0. The van der Waals surface area contributed by atoms with Gasteiger partial charge in [0.05, 0.1) is 0 Å². The van der Waals surface area contributed by atoms with Gasteiger partial charge in [0.2, 0.25) is 0 Å². The Bertz CT molecular complexity index is 11.7. The van der Waals surface area contributed by atoms with Gasteiger partial charge in [-0.2, -0.15) is 0 Å². The summed E-state index contributed by atoms with van der Waals surface area (Å²) in [6.45, 7) is 0. The second kappa shape index (κ2) is 62.4. The minimum atomic E-state index is 0. The van der Waals surface area contributed by atoms with Crippen molar-refractivity contribution in [1.82, 2.24) is 0 Å². The molecule has 7 heavy (non-hydrogen) atoms. The van der Waals surface area contributed by atoms with Gasteiger partial charge in [0, 0.05) is 0 Å². The summed E-state index contributed by atoms with van der Waals surface area (Å²) in [6.07, 6.45) is 0. The Morgan fingerprint density at radius 2 is 0.571 bits per heavy atom. The second-order valence-electron chi connectivity index (χ2n) is 0. The van der Waals surface area contributed by atoms with E-state index in [4.69, 9.17) is 0 Å². The van der Waals surface area contributed by atoms with Crippen LogP contribution in [0.3, 0.4) is 0 Å². The molecule has 7 heteroatoms. The maximum Gasteiger partial charge on any atom is 4.00 e. The van der Waals surface area contributed by atoms with E-state index < -0.39 is 0 Å². The first-order chi connectivity index (χ1) is 0. The van der Waals surface area contributed by atoms with Crippen LogP contribution < -0.4 is 0 Å². The number of hydrogen-bond acceptors (Lipinski definition) is 0. The fraction of sp³-hybridized carbons (Fsp3) is 0. The SMILES string of the molecule is [Cu+2].[Ge+4].[S-2].[S-2].[S-2].[S-2].[Zn+2]. The first-order valence-electron chi connectivity index (χ1n) is 0. The predicted octanol–water partition coefficient (Wildman–Crippen LogP) is -0.395. The Hall–Kier alpha value is 3.09. The zero-order chi connectivity index (χ0) is 0. The summed E-state index contributed by atoms with van der Waals surface area (Å²) < 4.78 is 0. The van der Waals surface area contributed by atoms with Gasteiger partial charge in [-0.1, -0.05) is 0 Å². The summed E-state index contributed by atoms with van der Waals surface area (Å²) in [5.74, 6) is 0. The first kappa shape index (κ1) is 87.4. The van der Waals surface area contributed by atoms with Crippen molar-refractivity contribution in [2.24, 2.45) is 0 Å². The quantitative estimate of drug-likeness (QED) is 0.531. The zero-order valence-electron chi connectivity index (χ0n) is 3.14. The average Bonchev–Trinajstić information content (AvgIpc) is 0.